The molecule has 0 aromatic heterocycles. The van der Waals surface area contributed by atoms with E-state index in [9.17, 15) is 4.79 Å². The Morgan fingerprint density at radius 3 is 1.95 bits per heavy atom. The second-order valence-electron chi connectivity index (χ2n) is 5.60. The smallest absolute Gasteiger partial charge is 0.330 e. The average molecular weight is 294 g/mol. The van der Waals surface area contributed by atoms with E-state index in [1.54, 1.807) is 0 Å². The molecule has 0 aliphatic rings. The van der Waals surface area contributed by atoms with Crippen LogP contribution in [-0.2, 0) is 9.53 Å². The van der Waals surface area contributed by atoms with Crippen LogP contribution in [0, 0.1) is 0 Å². The molecule has 0 aliphatic heterocycles. The normalized spacial score (nSPS) is 10.9. The van der Waals surface area contributed by atoms with E-state index in [2.05, 4.69) is 25.7 Å². The van der Waals surface area contributed by atoms with Crippen LogP contribution in [0.2, 0.25) is 0 Å². The van der Waals surface area contributed by atoms with Crippen molar-refractivity contribution < 1.29 is 9.53 Å². The molecule has 0 unspecified atom stereocenters. The molecular formula is C19H34O2. The zero-order valence-corrected chi connectivity index (χ0v) is 13.9. The minimum Gasteiger partial charge on any atom is -0.463 e. The van der Waals surface area contributed by atoms with Gasteiger partial charge in [0.1, 0.15) is 0 Å². The first kappa shape index (κ1) is 19.9. The Morgan fingerprint density at radius 1 is 0.857 bits per heavy atom. The molecule has 0 saturated heterocycles. The number of rotatable bonds is 15. The van der Waals surface area contributed by atoms with E-state index >= 15 is 0 Å². The van der Waals surface area contributed by atoms with Gasteiger partial charge in [0, 0.05) is 6.08 Å². The molecule has 0 N–H and O–H groups in total. The van der Waals surface area contributed by atoms with Gasteiger partial charge >= 0.3 is 5.97 Å². The van der Waals surface area contributed by atoms with Gasteiger partial charge in [0.2, 0.25) is 0 Å². The Bertz CT molecular complexity index is 269. The topological polar surface area (TPSA) is 26.3 Å². The molecule has 2 heteroatoms. The van der Waals surface area contributed by atoms with E-state index < -0.39 is 0 Å². The summed E-state index contributed by atoms with van der Waals surface area (Å²) in [5, 5.41) is 0. The second-order valence-corrected chi connectivity index (χ2v) is 5.60. The molecule has 0 aromatic rings. The molecule has 0 spiro atoms. The fourth-order valence-corrected chi connectivity index (χ4v) is 2.23. The fourth-order valence-electron chi connectivity index (χ4n) is 2.23. The number of unbranched alkanes of at least 4 members (excludes halogenated alkanes) is 10. The van der Waals surface area contributed by atoms with Crippen LogP contribution in [0.1, 0.15) is 84.0 Å². The van der Waals surface area contributed by atoms with Gasteiger partial charge in [-0.15, -0.1) is 0 Å². The summed E-state index contributed by atoms with van der Waals surface area (Å²) in [6, 6.07) is 0. The standard InChI is InChI=1S/C19H34O2/c1-3-5-6-7-8-9-10-11-12-13-14-15-16-17-18-21-19(20)4-2/h4,9-10H,2-3,5-8,11-18H2,1H3. The van der Waals surface area contributed by atoms with Crippen LogP contribution in [0.5, 0.6) is 0 Å². The summed E-state index contributed by atoms with van der Waals surface area (Å²) in [6.45, 7) is 6.16. The highest BCUT2D eigenvalue weighted by Crippen LogP contribution is 2.09. The lowest BCUT2D eigenvalue weighted by Gasteiger charge is -2.02. The van der Waals surface area contributed by atoms with E-state index in [1.807, 2.05) is 0 Å². The molecule has 122 valence electrons. The Kier molecular flexibility index (Phi) is 16.2. The number of carbonyl (C=O) groups is 1. The fraction of sp³-hybridized carbons (Fsp3) is 0.737. The predicted octanol–water partition coefficient (Wildman–Crippen LogP) is 5.97. The van der Waals surface area contributed by atoms with Crippen LogP contribution in [0.3, 0.4) is 0 Å². The van der Waals surface area contributed by atoms with Gasteiger partial charge < -0.3 is 4.74 Å². The van der Waals surface area contributed by atoms with E-state index in [0.29, 0.717) is 6.61 Å². The number of ether oxygens (including phenoxy) is 1. The summed E-state index contributed by atoms with van der Waals surface area (Å²) >= 11 is 0. The Balaban J connectivity index is 3.10. The van der Waals surface area contributed by atoms with Gasteiger partial charge in [-0.2, -0.15) is 0 Å². The summed E-state index contributed by atoms with van der Waals surface area (Å²) in [5.74, 6) is -0.309. The number of allylic oxidation sites excluding steroid dienone is 2. The lowest BCUT2D eigenvalue weighted by atomic mass is 10.1. The molecule has 0 amide bonds. The third-order valence-corrected chi connectivity index (χ3v) is 3.57. The highest BCUT2D eigenvalue weighted by molar-refractivity contribution is 5.81. The molecule has 0 heterocycles. The lowest BCUT2D eigenvalue weighted by Crippen LogP contribution is -2.01. The first-order valence-corrected chi connectivity index (χ1v) is 8.75. The highest BCUT2D eigenvalue weighted by atomic mass is 16.5. The van der Waals surface area contributed by atoms with E-state index in [1.165, 1.54) is 70.3 Å². The van der Waals surface area contributed by atoms with Crippen LogP contribution in [0.25, 0.3) is 0 Å². The van der Waals surface area contributed by atoms with Crippen LogP contribution < -0.4 is 0 Å². The van der Waals surface area contributed by atoms with Crippen molar-refractivity contribution in [1.29, 1.82) is 0 Å². The predicted molar refractivity (Wildman–Crippen MR) is 91.4 cm³/mol. The molecule has 0 rings (SSSR count). The van der Waals surface area contributed by atoms with Crippen molar-refractivity contribution in [3.05, 3.63) is 24.8 Å². The van der Waals surface area contributed by atoms with Gasteiger partial charge in [0.05, 0.1) is 6.61 Å². The minimum absolute atomic E-state index is 0.309. The van der Waals surface area contributed by atoms with Crippen molar-refractivity contribution in [3.8, 4) is 0 Å². The van der Waals surface area contributed by atoms with Crippen LogP contribution >= 0.6 is 0 Å². The zero-order valence-electron chi connectivity index (χ0n) is 13.9. The summed E-state index contributed by atoms with van der Waals surface area (Å²) in [7, 11) is 0. The lowest BCUT2D eigenvalue weighted by molar-refractivity contribution is -0.137. The minimum atomic E-state index is -0.309. The van der Waals surface area contributed by atoms with Crippen molar-refractivity contribution in [1.82, 2.24) is 0 Å². The van der Waals surface area contributed by atoms with Gasteiger partial charge in [-0.05, 0) is 32.1 Å². The second kappa shape index (κ2) is 17.0. The largest absolute Gasteiger partial charge is 0.463 e. The number of hydrogen-bond acceptors (Lipinski definition) is 2. The van der Waals surface area contributed by atoms with Gasteiger partial charge in [-0.3, -0.25) is 0 Å². The molecule has 0 saturated carbocycles. The maximum atomic E-state index is 10.8. The van der Waals surface area contributed by atoms with Crippen molar-refractivity contribution in [2.45, 2.75) is 84.0 Å². The van der Waals surface area contributed by atoms with Gasteiger partial charge in [-0.1, -0.05) is 70.6 Å². The number of carbonyl (C=O) groups excluding carboxylic acids is 1. The number of hydrogen-bond donors (Lipinski definition) is 0. The third-order valence-electron chi connectivity index (χ3n) is 3.57. The molecule has 0 fully saturated rings. The summed E-state index contributed by atoms with van der Waals surface area (Å²) in [4.78, 5) is 10.8. The van der Waals surface area contributed by atoms with Crippen molar-refractivity contribution in [2.24, 2.45) is 0 Å². The molecule has 0 bridgehead atoms. The molecular weight excluding hydrogens is 260 g/mol. The zero-order chi connectivity index (χ0) is 15.6. The van der Waals surface area contributed by atoms with Crippen molar-refractivity contribution in [3.63, 3.8) is 0 Å². The quantitative estimate of drug-likeness (QED) is 0.161. The van der Waals surface area contributed by atoms with E-state index in [4.69, 9.17) is 4.74 Å². The van der Waals surface area contributed by atoms with E-state index in [0.717, 1.165) is 12.8 Å². The van der Waals surface area contributed by atoms with Crippen LogP contribution in [0.15, 0.2) is 24.8 Å². The van der Waals surface area contributed by atoms with Gasteiger partial charge in [0.25, 0.3) is 0 Å². The highest BCUT2D eigenvalue weighted by Gasteiger charge is 1.95. The molecule has 21 heavy (non-hydrogen) atoms. The Hall–Kier alpha value is -1.05. The SMILES string of the molecule is C=CC(=O)OCCCCCCCCC=CCCCCCC. The molecule has 0 aromatic carbocycles. The molecule has 0 radical (unpaired) electrons. The van der Waals surface area contributed by atoms with Gasteiger partial charge in [-0.25, -0.2) is 4.79 Å². The number of esters is 1. The van der Waals surface area contributed by atoms with Crippen LogP contribution in [0.4, 0.5) is 0 Å². The van der Waals surface area contributed by atoms with E-state index in [-0.39, 0.29) is 5.97 Å². The average Bonchev–Trinajstić information content (AvgIpc) is 2.50. The molecule has 2 nitrogen and oxygen atoms in total. The summed E-state index contributed by atoms with van der Waals surface area (Å²) in [5.41, 5.74) is 0. The van der Waals surface area contributed by atoms with Crippen molar-refractivity contribution in [2.75, 3.05) is 6.61 Å². The summed E-state index contributed by atoms with van der Waals surface area (Å²) in [6.07, 6.45) is 21.1. The first-order chi connectivity index (χ1) is 10.3. The first-order valence-electron chi connectivity index (χ1n) is 8.75. The Morgan fingerprint density at radius 2 is 1.38 bits per heavy atom. The van der Waals surface area contributed by atoms with Crippen molar-refractivity contribution >= 4 is 5.97 Å². The third kappa shape index (κ3) is 16.9. The summed E-state index contributed by atoms with van der Waals surface area (Å²) < 4.78 is 4.93. The monoisotopic (exact) mass is 294 g/mol. The van der Waals surface area contributed by atoms with Crippen LogP contribution in [-0.4, -0.2) is 12.6 Å². The molecule has 0 atom stereocenters. The maximum Gasteiger partial charge on any atom is 0.330 e. The van der Waals surface area contributed by atoms with Gasteiger partial charge in [0.15, 0.2) is 0 Å². The molecule has 0 aliphatic carbocycles. The Labute approximate surface area is 131 Å². The maximum absolute atomic E-state index is 10.8.